The number of thioether (sulfide) groups is 1. The molecule has 0 heterocycles. The van der Waals surface area contributed by atoms with Crippen LogP contribution in [0.2, 0.25) is 0 Å². The van der Waals surface area contributed by atoms with Gasteiger partial charge < -0.3 is 11.1 Å². The Kier molecular flexibility index (Phi) is 4.91. The van der Waals surface area contributed by atoms with Crippen molar-refractivity contribution in [1.29, 1.82) is 0 Å². The molecular formula is C17H20N2OS. The molecule has 21 heavy (non-hydrogen) atoms. The molecule has 0 fully saturated rings. The highest BCUT2D eigenvalue weighted by molar-refractivity contribution is 8.00. The number of benzene rings is 2. The van der Waals surface area contributed by atoms with Crippen LogP contribution < -0.4 is 11.1 Å². The van der Waals surface area contributed by atoms with Crippen LogP contribution in [-0.2, 0) is 4.79 Å². The summed E-state index contributed by atoms with van der Waals surface area (Å²) in [6, 6.07) is 11.8. The third-order valence-corrected chi connectivity index (χ3v) is 4.40. The van der Waals surface area contributed by atoms with Gasteiger partial charge in [0.05, 0.1) is 5.75 Å². The molecule has 0 aliphatic rings. The summed E-state index contributed by atoms with van der Waals surface area (Å²) < 4.78 is 0. The lowest BCUT2D eigenvalue weighted by Crippen LogP contribution is -2.14. The average Bonchev–Trinajstić information content (AvgIpc) is 2.42. The molecule has 1 amide bonds. The zero-order chi connectivity index (χ0) is 15.4. The number of anilines is 2. The molecule has 2 aromatic carbocycles. The fraction of sp³-hybridized carbons (Fsp3) is 0.235. The Hall–Kier alpha value is -1.94. The third kappa shape index (κ3) is 4.26. The van der Waals surface area contributed by atoms with Gasteiger partial charge in [0.25, 0.3) is 0 Å². The molecule has 4 heteroatoms. The molecule has 0 saturated carbocycles. The molecule has 3 N–H and O–H groups in total. The van der Waals surface area contributed by atoms with Gasteiger partial charge in [-0.15, -0.1) is 11.8 Å². The number of carbonyl (C=O) groups is 1. The smallest absolute Gasteiger partial charge is 0.234 e. The van der Waals surface area contributed by atoms with E-state index in [1.54, 1.807) is 0 Å². The highest BCUT2D eigenvalue weighted by Gasteiger charge is 2.06. The summed E-state index contributed by atoms with van der Waals surface area (Å²) in [4.78, 5) is 12.9. The van der Waals surface area contributed by atoms with Crippen molar-refractivity contribution in [2.75, 3.05) is 16.8 Å². The van der Waals surface area contributed by atoms with Crippen LogP contribution in [0, 0.1) is 20.8 Å². The number of amides is 1. The van der Waals surface area contributed by atoms with Gasteiger partial charge in [-0.25, -0.2) is 0 Å². The molecule has 3 nitrogen and oxygen atoms in total. The summed E-state index contributed by atoms with van der Waals surface area (Å²) in [6.07, 6.45) is 0. The van der Waals surface area contributed by atoms with Crippen molar-refractivity contribution in [3.63, 3.8) is 0 Å². The Balaban J connectivity index is 1.94. The van der Waals surface area contributed by atoms with Crippen molar-refractivity contribution in [3.8, 4) is 0 Å². The largest absolute Gasteiger partial charge is 0.398 e. The van der Waals surface area contributed by atoms with Gasteiger partial charge in [-0.1, -0.05) is 12.1 Å². The summed E-state index contributed by atoms with van der Waals surface area (Å²) >= 11 is 1.45. The standard InChI is InChI=1S/C17H20N2OS/c1-11-4-7-16(15(18)8-11)21-10-17(20)19-14-6-5-12(2)13(3)9-14/h4-9H,10,18H2,1-3H3,(H,19,20). The maximum absolute atomic E-state index is 12.0. The fourth-order valence-corrected chi connectivity index (χ4v) is 2.71. The Morgan fingerprint density at radius 1 is 1.10 bits per heavy atom. The summed E-state index contributed by atoms with van der Waals surface area (Å²) in [5, 5.41) is 2.91. The van der Waals surface area contributed by atoms with E-state index in [0.717, 1.165) is 21.8 Å². The van der Waals surface area contributed by atoms with E-state index in [1.165, 1.54) is 22.9 Å². The van der Waals surface area contributed by atoms with E-state index in [0.29, 0.717) is 5.75 Å². The van der Waals surface area contributed by atoms with Gasteiger partial charge in [-0.3, -0.25) is 4.79 Å². The summed E-state index contributed by atoms with van der Waals surface area (Å²) in [7, 11) is 0. The van der Waals surface area contributed by atoms with Crippen LogP contribution in [-0.4, -0.2) is 11.7 Å². The predicted octanol–water partition coefficient (Wildman–Crippen LogP) is 3.92. The highest BCUT2D eigenvalue weighted by Crippen LogP contribution is 2.26. The second-order valence-corrected chi connectivity index (χ2v) is 6.19. The highest BCUT2D eigenvalue weighted by atomic mass is 32.2. The van der Waals surface area contributed by atoms with Gasteiger partial charge in [-0.05, 0) is 61.7 Å². The van der Waals surface area contributed by atoms with Crippen LogP contribution in [0.5, 0.6) is 0 Å². The Morgan fingerprint density at radius 3 is 2.52 bits per heavy atom. The van der Waals surface area contributed by atoms with Crippen molar-refractivity contribution in [1.82, 2.24) is 0 Å². The zero-order valence-electron chi connectivity index (χ0n) is 12.6. The Labute approximate surface area is 129 Å². The minimum absolute atomic E-state index is 0.0248. The molecule has 2 aromatic rings. The quantitative estimate of drug-likeness (QED) is 0.664. The van der Waals surface area contributed by atoms with Crippen LogP contribution in [0.25, 0.3) is 0 Å². The fourth-order valence-electron chi connectivity index (χ4n) is 1.96. The molecule has 0 aliphatic heterocycles. The van der Waals surface area contributed by atoms with E-state index >= 15 is 0 Å². The SMILES string of the molecule is Cc1ccc(SCC(=O)Nc2ccc(C)c(C)c2)c(N)c1. The molecule has 110 valence electrons. The Morgan fingerprint density at radius 2 is 1.86 bits per heavy atom. The number of carbonyl (C=O) groups excluding carboxylic acids is 1. The number of rotatable bonds is 4. The first-order valence-electron chi connectivity index (χ1n) is 6.82. The normalized spacial score (nSPS) is 10.4. The van der Waals surface area contributed by atoms with E-state index in [-0.39, 0.29) is 5.91 Å². The maximum atomic E-state index is 12.0. The number of hydrogen-bond acceptors (Lipinski definition) is 3. The first kappa shape index (κ1) is 15.4. The van der Waals surface area contributed by atoms with Gasteiger partial charge in [0.15, 0.2) is 0 Å². The topological polar surface area (TPSA) is 55.1 Å². The summed E-state index contributed by atoms with van der Waals surface area (Å²) in [6.45, 7) is 6.08. The lowest BCUT2D eigenvalue weighted by Gasteiger charge is -2.09. The first-order valence-corrected chi connectivity index (χ1v) is 7.80. The van der Waals surface area contributed by atoms with E-state index in [9.17, 15) is 4.79 Å². The summed E-state index contributed by atoms with van der Waals surface area (Å²) in [5.74, 6) is 0.323. The number of aryl methyl sites for hydroxylation is 3. The second kappa shape index (κ2) is 6.68. The first-order chi connectivity index (χ1) is 9.95. The molecule has 0 atom stereocenters. The van der Waals surface area contributed by atoms with Crippen LogP contribution in [0.4, 0.5) is 11.4 Å². The molecule has 0 saturated heterocycles. The molecule has 2 rings (SSSR count). The van der Waals surface area contributed by atoms with Gasteiger partial charge in [0, 0.05) is 16.3 Å². The third-order valence-electron chi connectivity index (χ3n) is 3.31. The Bertz CT molecular complexity index is 668. The van der Waals surface area contributed by atoms with Gasteiger partial charge >= 0.3 is 0 Å². The predicted molar refractivity (Wildman–Crippen MR) is 90.9 cm³/mol. The molecular weight excluding hydrogens is 280 g/mol. The lowest BCUT2D eigenvalue weighted by molar-refractivity contribution is -0.113. The van der Waals surface area contributed by atoms with Crippen molar-refractivity contribution in [2.45, 2.75) is 25.7 Å². The van der Waals surface area contributed by atoms with Crippen LogP contribution >= 0.6 is 11.8 Å². The maximum Gasteiger partial charge on any atom is 0.234 e. The molecule has 0 bridgehead atoms. The number of nitrogen functional groups attached to an aromatic ring is 1. The van der Waals surface area contributed by atoms with Gasteiger partial charge in [0.1, 0.15) is 0 Å². The molecule has 0 aliphatic carbocycles. The molecule has 0 unspecified atom stereocenters. The van der Waals surface area contributed by atoms with E-state index in [2.05, 4.69) is 12.2 Å². The lowest BCUT2D eigenvalue weighted by atomic mass is 10.1. The second-order valence-electron chi connectivity index (χ2n) is 5.18. The molecule has 0 radical (unpaired) electrons. The van der Waals surface area contributed by atoms with E-state index in [1.807, 2.05) is 50.2 Å². The van der Waals surface area contributed by atoms with Gasteiger partial charge in [0.2, 0.25) is 5.91 Å². The van der Waals surface area contributed by atoms with Crippen molar-refractivity contribution in [3.05, 3.63) is 53.1 Å². The number of hydrogen-bond donors (Lipinski definition) is 2. The van der Waals surface area contributed by atoms with Gasteiger partial charge in [-0.2, -0.15) is 0 Å². The number of nitrogens with two attached hydrogens (primary N) is 1. The van der Waals surface area contributed by atoms with E-state index < -0.39 is 0 Å². The summed E-state index contributed by atoms with van der Waals surface area (Å²) in [5.41, 5.74) is 11.0. The minimum Gasteiger partial charge on any atom is -0.398 e. The average molecular weight is 300 g/mol. The van der Waals surface area contributed by atoms with Crippen LogP contribution in [0.3, 0.4) is 0 Å². The van der Waals surface area contributed by atoms with Crippen molar-refractivity contribution < 1.29 is 4.79 Å². The van der Waals surface area contributed by atoms with Crippen LogP contribution in [0.15, 0.2) is 41.3 Å². The molecule has 0 spiro atoms. The number of nitrogens with one attached hydrogen (secondary N) is 1. The van der Waals surface area contributed by atoms with E-state index in [4.69, 9.17) is 5.73 Å². The monoisotopic (exact) mass is 300 g/mol. The minimum atomic E-state index is -0.0248. The van der Waals surface area contributed by atoms with Crippen molar-refractivity contribution in [2.24, 2.45) is 0 Å². The van der Waals surface area contributed by atoms with Crippen molar-refractivity contribution >= 4 is 29.0 Å². The zero-order valence-corrected chi connectivity index (χ0v) is 13.4. The molecule has 0 aromatic heterocycles. The van der Waals surface area contributed by atoms with Crippen LogP contribution in [0.1, 0.15) is 16.7 Å².